The van der Waals surface area contributed by atoms with Crippen molar-refractivity contribution in [1.29, 1.82) is 0 Å². The monoisotopic (exact) mass is 551 g/mol. The van der Waals surface area contributed by atoms with Gasteiger partial charge in [-0.2, -0.15) is 0 Å². The van der Waals surface area contributed by atoms with Gasteiger partial charge in [-0.15, -0.1) is 24.0 Å². The van der Waals surface area contributed by atoms with Gasteiger partial charge in [0.05, 0.1) is 13.2 Å². The standard InChI is InChI=1S/C25H33N3O3.HI/c1-4-12-30-23-8-6-5-7-21(23)15-27-25(26-3)28-16-22-10-9-19(2)14-24(22)31-18-20-11-13-29-17-20;/h4-10,14,20H,1,11-13,15-18H2,2-3H3,(H2,26,27,28);1H. The van der Waals surface area contributed by atoms with Crippen LogP contribution in [-0.4, -0.2) is 39.4 Å². The average molecular weight is 551 g/mol. The number of rotatable bonds is 10. The summed E-state index contributed by atoms with van der Waals surface area (Å²) in [5, 5.41) is 6.74. The predicted octanol–water partition coefficient (Wildman–Crippen LogP) is 4.46. The van der Waals surface area contributed by atoms with E-state index in [2.05, 4.69) is 47.3 Å². The zero-order valence-electron chi connectivity index (χ0n) is 18.9. The summed E-state index contributed by atoms with van der Waals surface area (Å²) in [4.78, 5) is 4.35. The van der Waals surface area contributed by atoms with Gasteiger partial charge in [0.15, 0.2) is 5.96 Å². The molecule has 0 aliphatic carbocycles. The smallest absolute Gasteiger partial charge is 0.191 e. The molecule has 1 fully saturated rings. The van der Waals surface area contributed by atoms with Gasteiger partial charge >= 0.3 is 0 Å². The highest BCUT2D eigenvalue weighted by Gasteiger charge is 2.17. The maximum atomic E-state index is 6.15. The molecule has 3 rings (SSSR count). The minimum atomic E-state index is 0. The fraction of sp³-hybridized carbons (Fsp3) is 0.400. The van der Waals surface area contributed by atoms with Crippen molar-refractivity contribution in [2.45, 2.75) is 26.4 Å². The molecule has 0 amide bonds. The number of halogens is 1. The van der Waals surface area contributed by atoms with Crippen molar-refractivity contribution in [2.75, 3.05) is 33.5 Å². The quantitative estimate of drug-likeness (QED) is 0.198. The Morgan fingerprint density at radius 3 is 2.56 bits per heavy atom. The van der Waals surface area contributed by atoms with Gasteiger partial charge in [0.2, 0.25) is 0 Å². The second-order valence-electron chi connectivity index (χ2n) is 7.64. The number of hydrogen-bond acceptors (Lipinski definition) is 4. The Labute approximate surface area is 208 Å². The summed E-state index contributed by atoms with van der Waals surface area (Å²) in [5.74, 6) is 2.95. The van der Waals surface area contributed by atoms with Crippen molar-refractivity contribution in [3.05, 3.63) is 71.8 Å². The lowest BCUT2D eigenvalue weighted by Gasteiger charge is -2.17. The number of aryl methyl sites for hydroxylation is 1. The summed E-state index contributed by atoms with van der Waals surface area (Å²) in [6.45, 7) is 9.79. The lowest BCUT2D eigenvalue weighted by molar-refractivity contribution is 0.166. The van der Waals surface area contributed by atoms with Crippen LogP contribution in [-0.2, 0) is 17.8 Å². The SMILES string of the molecule is C=CCOc1ccccc1CNC(=NC)NCc1ccc(C)cc1OCC1CCOC1.I. The lowest BCUT2D eigenvalue weighted by Crippen LogP contribution is -2.36. The van der Waals surface area contributed by atoms with Crippen LogP contribution in [0.1, 0.15) is 23.1 Å². The van der Waals surface area contributed by atoms with Gasteiger partial charge in [0.25, 0.3) is 0 Å². The highest BCUT2D eigenvalue weighted by molar-refractivity contribution is 14.0. The van der Waals surface area contributed by atoms with Gasteiger partial charge in [-0.3, -0.25) is 4.99 Å². The second kappa shape index (κ2) is 14.0. The molecule has 0 saturated carbocycles. The van der Waals surface area contributed by atoms with Crippen molar-refractivity contribution in [2.24, 2.45) is 10.9 Å². The summed E-state index contributed by atoms with van der Waals surface area (Å²) < 4.78 is 17.3. The summed E-state index contributed by atoms with van der Waals surface area (Å²) >= 11 is 0. The van der Waals surface area contributed by atoms with E-state index in [1.165, 1.54) is 5.56 Å². The Hall–Kier alpha value is -2.26. The van der Waals surface area contributed by atoms with Crippen molar-refractivity contribution >= 4 is 29.9 Å². The fourth-order valence-electron chi connectivity index (χ4n) is 3.38. The zero-order valence-corrected chi connectivity index (χ0v) is 21.3. The molecule has 0 aromatic heterocycles. The molecule has 7 heteroatoms. The van der Waals surface area contributed by atoms with Crippen molar-refractivity contribution in [3.63, 3.8) is 0 Å². The van der Waals surface area contributed by atoms with Crippen molar-refractivity contribution < 1.29 is 14.2 Å². The molecule has 174 valence electrons. The number of guanidine groups is 1. The molecular weight excluding hydrogens is 517 g/mol. The Morgan fingerprint density at radius 2 is 1.88 bits per heavy atom. The van der Waals surface area contributed by atoms with Gasteiger partial charge in [0, 0.05) is 43.8 Å². The van der Waals surface area contributed by atoms with Gasteiger partial charge in [-0.05, 0) is 31.0 Å². The van der Waals surface area contributed by atoms with Crippen LogP contribution in [0, 0.1) is 12.8 Å². The minimum Gasteiger partial charge on any atom is -0.493 e. The number of ether oxygens (including phenoxy) is 3. The molecule has 6 nitrogen and oxygen atoms in total. The first-order chi connectivity index (χ1) is 15.2. The molecule has 0 bridgehead atoms. The van der Waals surface area contributed by atoms with Crippen LogP contribution in [0.25, 0.3) is 0 Å². The van der Waals surface area contributed by atoms with Crippen molar-refractivity contribution in [3.8, 4) is 11.5 Å². The molecule has 1 aliphatic rings. The third kappa shape index (κ3) is 8.02. The van der Waals surface area contributed by atoms with Crippen LogP contribution in [0.3, 0.4) is 0 Å². The topological polar surface area (TPSA) is 64.1 Å². The Bertz CT molecular complexity index is 882. The molecule has 1 unspecified atom stereocenters. The Kier molecular flexibility index (Phi) is 11.4. The molecule has 0 radical (unpaired) electrons. The van der Waals surface area contributed by atoms with E-state index in [-0.39, 0.29) is 24.0 Å². The molecule has 1 aliphatic heterocycles. The van der Waals surface area contributed by atoms with Crippen molar-refractivity contribution in [1.82, 2.24) is 10.6 Å². The normalized spacial score (nSPS) is 15.6. The molecule has 2 N–H and O–H groups in total. The highest BCUT2D eigenvalue weighted by Crippen LogP contribution is 2.23. The number of benzene rings is 2. The predicted molar refractivity (Wildman–Crippen MR) is 140 cm³/mol. The van der Waals surface area contributed by atoms with E-state index >= 15 is 0 Å². The first-order valence-electron chi connectivity index (χ1n) is 10.8. The molecule has 0 spiro atoms. The maximum Gasteiger partial charge on any atom is 0.191 e. The third-order valence-electron chi connectivity index (χ3n) is 5.17. The van der Waals surface area contributed by atoms with Crippen LogP contribution in [0.5, 0.6) is 11.5 Å². The molecule has 1 saturated heterocycles. The average Bonchev–Trinajstić information content (AvgIpc) is 3.31. The summed E-state index contributed by atoms with van der Waals surface area (Å²) in [7, 11) is 1.77. The van der Waals surface area contributed by atoms with Crippen LogP contribution in [0.15, 0.2) is 60.1 Å². The molecule has 1 heterocycles. The Balaban J connectivity index is 0.00000363. The van der Waals surface area contributed by atoms with Crippen LogP contribution >= 0.6 is 24.0 Å². The van der Waals surface area contributed by atoms with E-state index in [1.54, 1.807) is 13.1 Å². The van der Waals surface area contributed by atoms with Gasteiger partial charge in [0.1, 0.15) is 18.1 Å². The molecular formula is C25H34IN3O3. The van der Waals surface area contributed by atoms with E-state index in [0.717, 1.165) is 42.3 Å². The number of para-hydroxylation sites is 1. The van der Waals surface area contributed by atoms with E-state index in [1.807, 2.05) is 24.3 Å². The third-order valence-corrected chi connectivity index (χ3v) is 5.17. The zero-order chi connectivity index (χ0) is 21.9. The number of nitrogens with one attached hydrogen (secondary N) is 2. The maximum absolute atomic E-state index is 6.15. The first-order valence-corrected chi connectivity index (χ1v) is 10.8. The van der Waals surface area contributed by atoms with E-state index in [0.29, 0.717) is 38.2 Å². The highest BCUT2D eigenvalue weighted by atomic mass is 127. The van der Waals surface area contributed by atoms with Gasteiger partial charge in [-0.25, -0.2) is 0 Å². The Morgan fingerprint density at radius 1 is 1.12 bits per heavy atom. The molecule has 2 aromatic rings. The largest absolute Gasteiger partial charge is 0.493 e. The van der Waals surface area contributed by atoms with E-state index in [4.69, 9.17) is 14.2 Å². The first kappa shape index (κ1) is 26.0. The van der Waals surface area contributed by atoms with Crippen LogP contribution in [0.2, 0.25) is 0 Å². The fourth-order valence-corrected chi connectivity index (χ4v) is 3.38. The second-order valence-corrected chi connectivity index (χ2v) is 7.64. The van der Waals surface area contributed by atoms with Gasteiger partial charge in [-0.1, -0.05) is 43.0 Å². The lowest BCUT2D eigenvalue weighted by atomic mass is 10.1. The van der Waals surface area contributed by atoms with Gasteiger partial charge < -0.3 is 24.8 Å². The molecule has 2 aromatic carbocycles. The number of hydrogen-bond donors (Lipinski definition) is 2. The van der Waals surface area contributed by atoms with Crippen LogP contribution < -0.4 is 20.1 Å². The minimum absolute atomic E-state index is 0. The summed E-state index contributed by atoms with van der Waals surface area (Å²) in [6, 6.07) is 14.3. The van der Waals surface area contributed by atoms with E-state index < -0.39 is 0 Å². The number of aliphatic imine (C=N–C) groups is 1. The molecule has 32 heavy (non-hydrogen) atoms. The number of nitrogens with zero attached hydrogens (tertiary/aromatic N) is 1. The molecule has 1 atom stereocenters. The summed E-state index contributed by atoms with van der Waals surface area (Å²) in [6.07, 6.45) is 2.81. The van der Waals surface area contributed by atoms with E-state index in [9.17, 15) is 0 Å². The van der Waals surface area contributed by atoms with Crippen LogP contribution in [0.4, 0.5) is 0 Å². The summed E-state index contributed by atoms with van der Waals surface area (Å²) in [5.41, 5.74) is 3.34.